The molecule has 3 aliphatic rings. The number of rotatable bonds is 2. The lowest BCUT2D eigenvalue weighted by Crippen LogP contribution is -2.55. The monoisotopic (exact) mass is 304 g/mol. The van der Waals surface area contributed by atoms with Crippen molar-refractivity contribution in [3.8, 4) is 0 Å². The molecule has 0 radical (unpaired) electrons. The number of esters is 1. The van der Waals surface area contributed by atoms with Crippen LogP contribution in [0.5, 0.6) is 0 Å². The second-order valence-corrected chi connectivity index (χ2v) is 8.07. The zero-order valence-electron chi connectivity index (χ0n) is 14.1. The predicted molar refractivity (Wildman–Crippen MR) is 85.2 cm³/mol. The van der Waals surface area contributed by atoms with Crippen LogP contribution >= 0.6 is 0 Å². The molecule has 3 heteroatoms. The Morgan fingerprint density at radius 3 is 2.73 bits per heavy atom. The minimum atomic E-state index is -0.332. The summed E-state index contributed by atoms with van der Waals surface area (Å²) in [6, 6.07) is 0. The molecule has 122 valence electrons. The maximum absolute atomic E-state index is 12.5. The molecule has 5 atom stereocenters. The number of hydrogen-bond donors (Lipinski definition) is 0. The van der Waals surface area contributed by atoms with Crippen molar-refractivity contribution in [1.29, 1.82) is 0 Å². The van der Waals surface area contributed by atoms with E-state index in [0.29, 0.717) is 17.8 Å². The highest BCUT2D eigenvalue weighted by Gasteiger charge is 2.58. The fourth-order valence-corrected chi connectivity index (χ4v) is 6.05. The standard InChI is InChI=1S/C19H28O3/c1-18-9-4-10-19(2,17(21)22-3)16(18)8-6-14-11-13(12-20)5-7-15(14)18/h11-12,14-16H,4-10H2,1-3H3/t14-,15-,16+,18+,19+/m0/s1. The van der Waals surface area contributed by atoms with Crippen LogP contribution in [0.25, 0.3) is 0 Å². The highest BCUT2D eigenvalue weighted by molar-refractivity contribution is 5.77. The van der Waals surface area contributed by atoms with Crippen molar-refractivity contribution in [2.75, 3.05) is 7.11 Å². The number of carbonyl (C=O) groups is 2. The van der Waals surface area contributed by atoms with Crippen molar-refractivity contribution >= 4 is 12.3 Å². The maximum Gasteiger partial charge on any atom is 0.311 e. The molecule has 0 amide bonds. The lowest BCUT2D eigenvalue weighted by Gasteiger charge is -2.59. The Morgan fingerprint density at radius 1 is 1.27 bits per heavy atom. The van der Waals surface area contributed by atoms with E-state index in [1.54, 1.807) is 0 Å². The predicted octanol–water partition coefficient (Wildman–Crippen LogP) is 3.92. The zero-order valence-corrected chi connectivity index (χ0v) is 14.1. The summed E-state index contributed by atoms with van der Waals surface area (Å²) in [5, 5.41) is 0. The van der Waals surface area contributed by atoms with Gasteiger partial charge in [0, 0.05) is 0 Å². The van der Waals surface area contributed by atoms with Gasteiger partial charge in [0.05, 0.1) is 12.5 Å². The summed E-state index contributed by atoms with van der Waals surface area (Å²) in [5.74, 6) is 1.52. The topological polar surface area (TPSA) is 43.4 Å². The minimum Gasteiger partial charge on any atom is -0.469 e. The molecule has 3 nitrogen and oxygen atoms in total. The van der Waals surface area contributed by atoms with Gasteiger partial charge < -0.3 is 4.74 Å². The van der Waals surface area contributed by atoms with Crippen molar-refractivity contribution in [3.05, 3.63) is 11.6 Å². The molecular weight excluding hydrogens is 276 g/mol. The van der Waals surface area contributed by atoms with Gasteiger partial charge in [-0.25, -0.2) is 0 Å². The van der Waals surface area contributed by atoms with Crippen molar-refractivity contribution in [2.45, 2.75) is 58.8 Å². The molecule has 0 saturated heterocycles. The molecule has 2 fully saturated rings. The summed E-state index contributed by atoms with van der Waals surface area (Å²) < 4.78 is 5.16. The van der Waals surface area contributed by atoms with Crippen LogP contribution in [0.4, 0.5) is 0 Å². The highest BCUT2D eigenvalue weighted by Crippen LogP contribution is 2.63. The number of methoxy groups -OCH3 is 1. The number of carbonyl (C=O) groups excluding carboxylic acids is 2. The largest absolute Gasteiger partial charge is 0.469 e. The molecule has 0 bridgehead atoms. The van der Waals surface area contributed by atoms with Gasteiger partial charge in [-0.3, -0.25) is 9.59 Å². The molecule has 0 heterocycles. The maximum atomic E-state index is 12.5. The normalized spacial score (nSPS) is 44.3. The third-order valence-electron chi connectivity index (χ3n) is 7.10. The van der Waals surface area contributed by atoms with E-state index >= 15 is 0 Å². The SMILES string of the molecule is COC(=O)[C@]1(C)CCC[C@@]2(C)[C@H]1CC[C@H]1C=C(C=O)CC[C@@H]12. The fraction of sp³-hybridized carbons (Fsp3) is 0.789. The lowest BCUT2D eigenvalue weighted by molar-refractivity contribution is -0.172. The highest BCUT2D eigenvalue weighted by atomic mass is 16.5. The minimum absolute atomic E-state index is 0.0261. The summed E-state index contributed by atoms with van der Waals surface area (Å²) in [7, 11) is 1.52. The van der Waals surface area contributed by atoms with Crippen molar-refractivity contribution in [2.24, 2.45) is 28.6 Å². The average molecular weight is 304 g/mol. The second kappa shape index (κ2) is 5.50. The van der Waals surface area contributed by atoms with Gasteiger partial charge in [0.1, 0.15) is 6.29 Å². The van der Waals surface area contributed by atoms with Crippen molar-refractivity contribution in [1.82, 2.24) is 0 Å². The van der Waals surface area contributed by atoms with E-state index in [-0.39, 0.29) is 16.8 Å². The van der Waals surface area contributed by atoms with Crippen LogP contribution in [-0.2, 0) is 14.3 Å². The molecule has 0 aromatic rings. The molecule has 0 aromatic heterocycles. The first-order valence-corrected chi connectivity index (χ1v) is 8.70. The summed E-state index contributed by atoms with van der Waals surface area (Å²) >= 11 is 0. The quantitative estimate of drug-likeness (QED) is 0.573. The number of ether oxygens (including phenoxy) is 1. The van der Waals surface area contributed by atoms with E-state index in [1.807, 2.05) is 0 Å². The Hall–Kier alpha value is -1.12. The number of allylic oxidation sites excluding steroid dienone is 2. The lowest BCUT2D eigenvalue weighted by atomic mass is 9.45. The molecule has 3 aliphatic carbocycles. The fourth-order valence-electron chi connectivity index (χ4n) is 6.05. The Balaban J connectivity index is 1.94. The third-order valence-corrected chi connectivity index (χ3v) is 7.10. The molecule has 2 saturated carbocycles. The summed E-state index contributed by atoms with van der Waals surface area (Å²) in [6.45, 7) is 4.52. The van der Waals surface area contributed by atoms with Gasteiger partial charge in [0.15, 0.2) is 0 Å². The van der Waals surface area contributed by atoms with Crippen LogP contribution in [-0.4, -0.2) is 19.4 Å². The van der Waals surface area contributed by atoms with Crippen LogP contribution in [0.3, 0.4) is 0 Å². The number of aldehydes is 1. The Labute approximate surface area is 133 Å². The van der Waals surface area contributed by atoms with E-state index in [1.165, 1.54) is 13.5 Å². The molecule has 3 rings (SSSR count). The Kier molecular flexibility index (Phi) is 3.94. The first kappa shape index (κ1) is 15.8. The van der Waals surface area contributed by atoms with Crippen LogP contribution in [0, 0.1) is 28.6 Å². The first-order valence-electron chi connectivity index (χ1n) is 8.70. The smallest absolute Gasteiger partial charge is 0.311 e. The molecular formula is C19H28O3. The van der Waals surface area contributed by atoms with Gasteiger partial charge in [0.2, 0.25) is 0 Å². The van der Waals surface area contributed by atoms with E-state index in [4.69, 9.17) is 4.74 Å². The first-order chi connectivity index (χ1) is 10.5. The van der Waals surface area contributed by atoms with Gasteiger partial charge in [-0.15, -0.1) is 0 Å². The summed E-state index contributed by atoms with van der Waals surface area (Å²) in [4.78, 5) is 23.6. The number of hydrogen-bond acceptors (Lipinski definition) is 3. The second-order valence-electron chi connectivity index (χ2n) is 8.07. The summed E-state index contributed by atoms with van der Waals surface area (Å²) in [6.07, 6.45) is 10.7. The van der Waals surface area contributed by atoms with Gasteiger partial charge >= 0.3 is 5.97 Å². The van der Waals surface area contributed by atoms with Gasteiger partial charge in [-0.1, -0.05) is 19.4 Å². The average Bonchev–Trinajstić information content (AvgIpc) is 2.53. The molecule has 0 unspecified atom stereocenters. The van der Waals surface area contributed by atoms with Crippen LogP contribution in [0.15, 0.2) is 11.6 Å². The molecule has 22 heavy (non-hydrogen) atoms. The Bertz CT molecular complexity index is 509. The van der Waals surface area contributed by atoms with Crippen molar-refractivity contribution in [3.63, 3.8) is 0 Å². The zero-order chi connectivity index (χ0) is 16.0. The van der Waals surface area contributed by atoms with E-state index in [0.717, 1.165) is 50.4 Å². The van der Waals surface area contributed by atoms with Gasteiger partial charge in [-0.2, -0.15) is 0 Å². The molecule has 0 aliphatic heterocycles. The van der Waals surface area contributed by atoms with Crippen LogP contribution in [0.1, 0.15) is 58.8 Å². The molecule has 0 spiro atoms. The van der Waals surface area contributed by atoms with E-state index in [9.17, 15) is 9.59 Å². The molecule has 0 N–H and O–H groups in total. The molecule has 0 aromatic carbocycles. The van der Waals surface area contributed by atoms with Gasteiger partial charge in [0.25, 0.3) is 0 Å². The van der Waals surface area contributed by atoms with Crippen LogP contribution in [0.2, 0.25) is 0 Å². The Morgan fingerprint density at radius 2 is 2.05 bits per heavy atom. The van der Waals surface area contributed by atoms with E-state index < -0.39 is 0 Å². The summed E-state index contributed by atoms with van der Waals surface area (Å²) in [5.41, 5.74) is 0.853. The third kappa shape index (κ3) is 2.16. The van der Waals surface area contributed by atoms with Crippen molar-refractivity contribution < 1.29 is 14.3 Å². The van der Waals surface area contributed by atoms with Gasteiger partial charge in [-0.05, 0) is 74.2 Å². The van der Waals surface area contributed by atoms with E-state index in [2.05, 4.69) is 19.9 Å². The number of fused-ring (bicyclic) bond motifs is 3. The van der Waals surface area contributed by atoms with Crippen LogP contribution < -0.4 is 0 Å².